The molecule has 0 saturated heterocycles. The lowest BCUT2D eigenvalue weighted by Crippen LogP contribution is -2.26. The molecule has 0 radical (unpaired) electrons. The second kappa shape index (κ2) is 6.22. The zero-order chi connectivity index (χ0) is 15.4. The number of ketones is 1. The van der Waals surface area contributed by atoms with Crippen molar-refractivity contribution in [1.29, 1.82) is 0 Å². The topological polar surface area (TPSA) is 66.4 Å². The van der Waals surface area contributed by atoms with Gasteiger partial charge in [-0.2, -0.15) is 0 Å². The Bertz CT molecular complexity index is 665. The van der Waals surface area contributed by atoms with Crippen LogP contribution in [0.15, 0.2) is 48.5 Å². The van der Waals surface area contributed by atoms with E-state index in [1.807, 2.05) is 19.1 Å². The standard InChI is InChI=1S/C17H17NO3/c1-11-8-9-15(18-12(2)17(20)21)14(10-11)16(19)13-6-4-3-5-7-13/h3-10,12,18H,1-2H3,(H,20,21). The minimum atomic E-state index is -0.964. The number of rotatable bonds is 5. The van der Waals surface area contributed by atoms with E-state index < -0.39 is 12.0 Å². The van der Waals surface area contributed by atoms with Gasteiger partial charge in [0.1, 0.15) is 6.04 Å². The van der Waals surface area contributed by atoms with Gasteiger partial charge in [-0.15, -0.1) is 0 Å². The molecule has 0 saturated carbocycles. The molecule has 0 aliphatic carbocycles. The van der Waals surface area contributed by atoms with Gasteiger partial charge in [0.2, 0.25) is 0 Å². The predicted octanol–water partition coefficient (Wildman–Crippen LogP) is 3.11. The number of aliphatic carboxylic acids is 1. The van der Waals surface area contributed by atoms with E-state index in [0.717, 1.165) is 5.56 Å². The summed E-state index contributed by atoms with van der Waals surface area (Å²) in [6, 6.07) is 13.5. The highest BCUT2D eigenvalue weighted by Gasteiger charge is 2.17. The third-order valence-corrected chi connectivity index (χ3v) is 3.20. The van der Waals surface area contributed by atoms with Crippen LogP contribution in [0.25, 0.3) is 0 Å². The third-order valence-electron chi connectivity index (χ3n) is 3.20. The lowest BCUT2D eigenvalue weighted by molar-refractivity contribution is -0.137. The molecule has 2 N–H and O–H groups in total. The third kappa shape index (κ3) is 3.48. The summed E-state index contributed by atoms with van der Waals surface area (Å²) in [7, 11) is 0. The largest absolute Gasteiger partial charge is 0.480 e. The average molecular weight is 283 g/mol. The van der Waals surface area contributed by atoms with Gasteiger partial charge in [-0.25, -0.2) is 0 Å². The van der Waals surface area contributed by atoms with Crippen molar-refractivity contribution in [3.05, 3.63) is 65.2 Å². The number of nitrogens with one attached hydrogen (secondary N) is 1. The predicted molar refractivity (Wildman–Crippen MR) is 81.8 cm³/mol. The van der Waals surface area contributed by atoms with Gasteiger partial charge in [-0.1, -0.05) is 42.0 Å². The minimum Gasteiger partial charge on any atom is -0.480 e. The zero-order valence-corrected chi connectivity index (χ0v) is 12.0. The van der Waals surface area contributed by atoms with Crippen LogP contribution in [-0.4, -0.2) is 22.9 Å². The van der Waals surface area contributed by atoms with Gasteiger partial charge in [0, 0.05) is 16.8 Å². The zero-order valence-electron chi connectivity index (χ0n) is 12.0. The Morgan fingerprint density at radius 2 is 1.76 bits per heavy atom. The monoisotopic (exact) mass is 283 g/mol. The van der Waals surface area contributed by atoms with Crippen molar-refractivity contribution < 1.29 is 14.7 Å². The van der Waals surface area contributed by atoms with Crippen molar-refractivity contribution in [3.8, 4) is 0 Å². The molecule has 0 aliphatic rings. The highest BCUT2D eigenvalue weighted by atomic mass is 16.4. The molecular weight excluding hydrogens is 266 g/mol. The molecule has 21 heavy (non-hydrogen) atoms. The smallest absolute Gasteiger partial charge is 0.325 e. The van der Waals surface area contributed by atoms with Crippen molar-refractivity contribution in [2.45, 2.75) is 19.9 Å². The summed E-state index contributed by atoms with van der Waals surface area (Å²) >= 11 is 0. The van der Waals surface area contributed by atoms with Crippen LogP contribution in [-0.2, 0) is 4.79 Å². The van der Waals surface area contributed by atoms with E-state index in [2.05, 4.69) is 5.32 Å². The maximum Gasteiger partial charge on any atom is 0.325 e. The first-order valence-corrected chi connectivity index (χ1v) is 6.69. The van der Waals surface area contributed by atoms with Gasteiger partial charge in [0.25, 0.3) is 0 Å². The summed E-state index contributed by atoms with van der Waals surface area (Å²) in [6.45, 7) is 3.44. The summed E-state index contributed by atoms with van der Waals surface area (Å²) in [5, 5.41) is 11.9. The van der Waals surface area contributed by atoms with Gasteiger partial charge in [-0.05, 0) is 26.0 Å². The molecule has 2 aromatic carbocycles. The van der Waals surface area contributed by atoms with E-state index in [9.17, 15) is 9.59 Å². The van der Waals surface area contributed by atoms with Gasteiger partial charge in [-0.3, -0.25) is 9.59 Å². The van der Waals surface area contributed by atoms with E-state index in [1.54, 1.807) is 43.3 Å². The lowest BCUT2D eigenvalue weighted by atomic mass is 9.99. The summed E-state index contributed by atoms with van der Waals surface area (Å²) in [5.41, 5.74) is 2.54. The van der Waals surface area contributed by atoms with Gasteiger partial charge < -0.3 is 10.4 Å². The lowest BCUT2D eigenvalue weighted by Gasteiger charge is -2.15. The molecule has 4 nitrogen and oxygen atoms in total. The molecule has 0 fully saturated rings. The van der Waals surface area contributed by atoms with Crippen molar-refractivity contribution in [2.75, 3.05) is 5.32 Å². The highest BCUT2D eigenvalue weighted by molar-refractivity contribution is 6.12. The average Bonchev–Trinajstić information content (AvgIpc) is 2.49. The summed E-state index contributed by atoms with van der Waals surface area (Å²) in [5.74, 6) is -1.09. The Balaban J connectivity index is 2.40. The number of hydrogen-bond donors (Lipinski definition) is 2. The van der Waals surface area contributed by atoms with Crippen LogP contribution in [0.5, 0.6) is 0 Å². The van der Waals surface area contributed by atoms with Crippen molar-refractivity contribution in [1.82, 2.24) is 0 Å². The van der Waals surface area contributed by atoms with E-state index in [0.29, 0.717) is 16.8 Å². The summed E-state index contributed by atoms with van der Waals surface area (Å²) < 4.78 is 0. The van der Waals surface area contributed by atoms with E-state index in [-0.39, 0.29) is 5.78 Å². The Morgan fingerprint density at radius 1 is 1.10 bits per heavy atom. The molecule has 0 amide bonds. The van der Waals surface area contributed by atoms with Gasteiger partial charge >= 0.3 is 5.97 Å². The Hall–Kier alpha value is -2.62. The first-order chi connectivity index (χ1) is 9.99. The fraction of sp³-hybridized carbons (Fsp3) is 0.176. The molecule has 0 heterocycles. The summed E-state index contributed by atoms with van der Waals surface area (Å²) in [6.07, 6.45) is 0. The first-order valence-electron chi connectivity index (χ1n) is 6.69. The first kappa shape index (κ1) is 14.8. The van der Waals surface area contributed by atoms with Crippen molar-refractivity contribution in [3.63, 3.8) is 0 Å². The number of anilines is 1. The second-order valence-electron chi connectivity index (χ2n) is 4.95. The molecule has 4 heteroatoms. The van der Waals surface area contributed by atoms with Gasteiger partial charge in [0.15, 0.2) is 5.78 Å². The van der Waals surface area contributed by atoms with Crippen LogP contribution < -0.4 is 5.32 Å². The fourth-order valence-electron chi connectivity index (χ4n) is 2.01. The number of carboxylic acids is 1. The van der Waals surface area contributed by atoms with Crippen LogP contribution >= 0.6 is 0 Å². The molecule has 1 unspecified atom stereocenters. The maximum atomic E-state index is 12.6. The molecule has 0 aliphatic heterocycles. The molecule has 1 atom stereocenters. The number of hydrogen-bond acceptors (Lipinski definition) is 3. The molecule has 2 aromatic rings. The fourth-order valence-corrected chi connectivity index (χ4v) is 2.01. The van der Waals surface area contributed by atoms with E-state index in [1.165, 1.54) is 0 Å². The van der Waals surface area contributed by atoms with Crippen LogP contribution in [0.4, 0.5) is 5.69 Å². The number of carbonyl (C=O) groups is 2. The molecule has 108 valence electrons. The molecule has 0 spiro atoms. The number of carbonyl (C=O) groups excluding carboxylic acids is 1. The van der Waals surface area contributed by atoms with Crippen molar-refractivity contribution in [2.24, 2.45) is 0 Å². The highest BCUT2D eigenvalue weighted by Crippen LogP contribution is 2.22. The number of carboxylic acid groups (broad SMARTS) is 1. The van der Waals surface area contributed by atoms with Crippen LogP contribution in [0.2, 0.25) is 0 Å². The molecule has 0 aromatic heterocycles. The number of benzene rings is 2. The normalized spacial score (nSPS) is 11.7. The van der Waals surface area contributed by atoms with Crippen LogP contribution in [0.3, 0.4) is 0 Å². The van der Waals surface area contributed by atoms with E-state index >= 15 is 0 Å². The number of aryl methyl sites for hydroxylation is 1. The van der Waals surface area contributed by atoms with Gasteiger partial charge in [0.05, 0.1) is 0 Å². The summed E-state index contributed by atoms with van der Waals surface area (Å²) in [4.78, 5) is 23.6. The second-order valence-corrected chi connectivity index (χ2v) is 4.95. The molecular formula is C17H17NO3. The quantitative estimate of drug-likeness (QED) is 0.827. The molecule has 2 rings (SSSR count). The Kier molecular flexibility index (Phi) is 4.38. The Morgan fingerprint density at radius 3 is 2.38 bits per heavy atom. The molecule has 0 bridgehead atoms. The van der Waals surface area contributed by atoms with E-state index in [4.69, 9.17) is 5.11 Å². The van der Waals surface area contributed by atoms with Crippen LogP contribution in [0.1, 0.15) is 28.4 Å². The minimum absolute atomic E-state index is 0.126. The SMILES string of the molecule is Cc1ccc(NC(C)C(=O)O)c(C(=O)c2ccccc2)c1. The maximum absolute atomic E-state index is 12.6. The van der Waals surface area contributed by atoms with Crippen molar-refractivity contribution >= 4 is 17.4 Å². The van der Waals surface area contributed by atoms with Crippen LogP contribution in [0, 0.1) is 6.92 Å². The Labute approximate surface area is 123 Å².